The van der Waals surface area contributed by atoms with Crippen LogP contribution >= 0.6 is 0 Å². The van der Waals surface area contributed by atoms with E-state index in [4.69, 9.17) is 24.1 Å². The van der Waals surface area contributed by atoms with Gasteiger partial charge in [0.25, 0.3) is 0 Å². The first-order valence-electron chi connectivity index (χ1n) is 15.2. The standard InChI is InChI=1S/C34H39FN2O10S/c1-23(45-31(40)33(2,3)4)46-32(41)36-29(30(39)44-18-17-38)20-24-9-8-12-28(19-24)48(42,43)37-21-34(22-37,25-10-6-5-7-11-25)47-27-15-13-26(35)14-16-27/h5-16,19,23,29,38H,17-18,20-22H2,1-4H3,(H,36,41)/t23-,29-/m0/s1. The molecule has 2 atom stereocenters. The Balaban J connectivity index is 1.49. The normalized spacial score (nSPS) is 15.7. The highest BCUT2D eigenvalue weighted by Gasteiger charge is 2.52. The predicted molar refractivity (Wildman–Crippen MR) is 171 cm³/mol. The average Bonchev–Trinajstić information content (AvgIpc) is 3.02. The molecule has 0 aromatic heterocycles. The van der Waals surface area contributed by atoms with Crippen molar-refractivity contribution in [3.63, 3.8) is 0 Å². The van der Waals surface area contributed by atoms with Crippen molar-refractivity contribution in [3.05, 3.63) is 95.8 Å². The summed E-state index contributed by atoms with van der Waals surface area (Å²) in [7, 11) is -4.05. The summed E-state index contributed by atoms with van der Waals surface area (Å²) in [6.45, 7) is 5.39. The number of rotatable bonds is 13. The highest BCUT2D eigenvalue weighted by atomic mass is 32.2. The molecule has 258 valence electrons. The number of aliphatic hydroxyl groups excluding tert-OH is 1. The molecule has 12 nitrogen and oxygen atoms in total. The fraction of sp³-hybridized carbons (Fsp3) is 0.382. The second-order valence-corrected chi connectivity index (χ2v) is 14.2. The Labute approximate surface area is 278 Å². The van der Waals surface area contributed by atoms with Gasteiger partial charge in [-0.3, -0.25) is 4.79 Å². The number of nitrogens with one attached hydrogen (secondary N) is 1. The molecule has 48 heavy (non-hydrogen) atoms. The molecule has 1 aliphatic rings. The van der Waals surface area contributed by atoms with Crippen LogP contribution in [0.5, 0.6) is 5.75 Å². The molecular weight excluding hydrogens is 647 g/mol. The van der Waals surface area contributed by atoms with E-state index in [9.17, 15) is 27.2 Å². The van der Waals surface area contributed by atoms with Gasteiger partial charge in [0.05, 0.1) is 30.0 Å². The highest BCUT2D eigenvalue weighted by Crippen LogP contribution is 2.40. The third-order valence-electron chi connectivity index (χ3n) is 7.34. The second-order valence-electron chi connectivity index (χ2n) is 12.3. The minimum atomic E-state index is -4.05. The predicted octanol–water partition coefficient (Wildman–Crippen LogP) is 3.91. The molecule has 0 radical (unpaired) electrons. The number of hydrogen-bond donors (Lipinski definition) is 2. The van der Waals surface area contributed by atoms with Gasteiger partial charge in [-0.05, 0) is 68.3 Å². The van der Waals surface area contributed by atoms with Crippen molar-refractivity contribution in [3.8, 4) is 5.75 Å². The Morgan fingerprint density at radius 1 is 0.979 bits per heavy atom. The van der Waals surface area contributed by atoms with Crippen molar-refractivity contribution in [1.29, 1.82) is 0 Å². The monoisotopic (exact) mass is 686 g/mol. The molecule has 0 saturated carbocycles. The van der Waals surface area contributed by atoms with Crippen molar-refractivity contribution >= 4 is 28.1 Å². The Morgan fingerprint density at radius 3 is 2.27 bits per heavy atom. The molecule has 14 heteroatoms. The minimum Gasteiger partial charge on any atom is -0.480 e. The lowest BCUT2D eigenvalue weighted by molar-refractivity contribution is -0.174. The van der Waals surface area contributed by atoms with Gasteiger partial charge in [-0.1, -0.05) is 42.5 Å². The first kappa shape index (κ1) is 36.3. The maximum Gasteiger partial charge on any atom is 0.410 e. The molecule has 1 amide bonds. The number of halogens is 1. The van der Waals surface area contributed by atoms with E-state index in [1.54, 1.807) is 26.8 Å². The fourth-order valence-electron chi connectivity index (χ4n) is 4.81. The van der Waals surface area contributed by atoms with Crippen LogP contribution in [-0.4, -0.2) is 74.5 Å². The number of aliphatic hydroxyl groups is 1. The summed E-state index contributed by atoms with van der Waals surface area (Å²) < 4.78 is 63.8. The number of benzene rings is 3. The average molecular weight is 687 g/mol. The van der Waals surface area contributed by atoms with Crippen molar-refractivity contribution in [1.82, 2.24) is 9.62 Å². The molecule has 0 aliphatic carbocycles. The number of ether oxygens (including phenoxy) is 4. The topological polar surface area (TPSA) is 158 Å². The largest absolute Gasteiger partial charge is 0.480 e. The number of nitrogens with zero attached hydrogens (tertiary/aromatic N) is 1. The zero-order valence-corrected chi connectivity index (χ0v) is 27.9. The fourth-order valence-corrected chi connectivity index (χ4v) is 6.41. The second kappa shape index (κ2) is 15.1. The third-order valence-corrected chi connectivity index (χ3v) is 9.12. The van der Waals surface area contributed by atoms with E-state index in [0.717, 1.165) is 5.56 Å². The van der Waals surface area contributed by atoms with Crippen molar-refractivity contribution in [2.75, 3.05) is 26.3 Å². The molecule has 1 saturated heterocycles. The highest BCUT2D eigenvalue weighted by molar-refractivity contribution is 7.89. The van der Waals surface area contributed by atoms with E-state index >= 15 is 0 Å². The van der Waals surface area contributed by atoms with Gasteiger partial charge in [-0.25, -0.2) is 22.4 Å². The molecule has 0 unspecified atom stereocenters. The summed E-state index contributed by atoms with van der Waals surface area (Å²) in [4.78, 5) is 37.5. The van der Waals surface area contributed by atoms with Crippen molar-refractivity contribution < 1.29 is 51.2 Å². The van der Waals surface area contributed by atoms with E-state index in [0.29, 0.717) is 11.3 Å². The van der Waals surface area contributed by atoms with Gasteiger partial charge in [0, 0.05) is 13.3 Å². The van der Waals surface area contributed by atoms with Crippen LogP contribution in [0.4, 0.5) is 9.18 Å². The van der Waals surface area contributed by atoms with Gasteiger partial charge < -0.3 is 29.4 Å². The van der Waals surface area contributed by atoms with E-state index in [2.05, 4.69) is 5.32 Å². The van der Waals surface area contributed by atoms with E-state index in [1.165, 1.54) is 53.7 Å². The molecule has 3 aromatic carbocycles. The smallest absolute Gasteiger partial charge is 0.410 e. The molecule has 0 spiro atoms. The number of sulfonamides is 1. The number of carbonyl (C=O) groups is 3. The van der Waals surface area contributed by atoms with E-state index in [1.807, 2.05) is 30.3 Å². The van der Waals surface area contributed by atoms with E-state index in [-0.39, 0.29) is 31.0 Å². The molecule has 4 rings (SSSR count). The molecule has 3 aromatic rings. The third kappa shape index (κ3) is 9.08. The minimum absolute atomic E-state index is 0.0254. The number of hydrogen-bond acceptors (Lipinski definition) is 10. The summed E-state index contributed by atoms with van der Waals surface area (Å²) in [5.74, 6) is -1.56. The summed E-state index contributed by atoms with van der Waals surface area (Å²) in [6.07, 6.45) is -2.55. The zero-order valence-electron chi connectivity index (χ0n) is 27.1. The van der Waals surface area contributed by atoms with Crippen LogP contribution in [0.15, 0.2) is 83.8 Å². The van der Waals surface area contributed by atoms with Crippen LogP contribution in [0, 0.1) is 11.2 Å². The van der Waals surface area contributed by atoms with Crippen LogP contribution in [-0.2, 0) is 45.8 Å². The van der Waals surface area contributed by atoms with Crippen LogP contribution in [0.1, 0.15) is 38.8 Å². The SMILES string of the molecule is C[C@H](OC(=O)N[C@@H](Cc1cccc(S(=O)(=O)N2CC(Oc3ccc(F)cc3)(c3ccccc3)C2)c1)C(=O)OCCO)OC(=O)C(C)(C)C. The van der Waals surface area contributed by atoms with Gasteiger partial charge in [0.15, 0.2) is 5.60 Å². The van der Waals surface area contributed by atoms with Crippen LogP contribution < -0.4 is 10.1 Å². The van der Waals surface area contributed by atoms with Crippen LogP contribution in [0.25, 0.3) is 0 Å². The quantitative estimate of drug-likeness (QED) is 0.200. The Hall–Kier alpha value is -4.53. The van der Waals surface area contributed by atoms with E-state index < -0.39 is 63.8 Å². The summed E-state index contributed by atoms with van der Waals surface area (Å²) in [6, 6.07) is 19.1. The Morgan fingerprint density at radius 2 is 1.65 bits per heavy atom. The number of carbonyl (C=O) groups excluding carboxylic acids is 3. The molecule has 1 aliphatic heterocycles. The summed E-state index contributed by atoms with van der Waals surface area (Å²) >= 11 is 0. The van der Waals surface area contributed by atoms with Gasteiger partial charge >= 0.3 is 18.0 Å². The zero-order chi connectivity index (χ0) is 35.1. The number of alkyl carbamates (subject to hydrolysis) is 1. The maximum absolute atomic E-state index is 13.8. The molecule has 2 N–H and O–H groups in total. The lowest BCUT2D eigenvalue weighted by atomic mass is 9.87. The van der Waals surface area contributed by atoms with Crippen LogP contribution in [0.2, 0.25) is 0 Å². The molecule has 0 bridgehead atoms. The Bertz CT molecular complexity index is 1690. The van der Waals surface area contributed by atoms with Gasteiger partial charge in [0.2, 0.25) is 16.3 Å². The van der Waals surface area contributed by atoms with Crippen molar-refractivity contribution in [2.24, 2.45) is 5.41 Å². The van der Waals surface area contributed by atoms with Crippen LogP contribution in [0.3, 0.4) is 0 Å². The lowest BCUT2D eigenvalue weighted by Crippen LogP contribution is -2.64. The van der Waals surface area contributed by atoms with Gasteiger partial charge in [-0.2, -0.15) is 4.31 Å². The lowest BCUT2D eigenvalue weighted by Gasteiger charge is -2.48. The number of amides is 1. The maximum atomic E-state index is 13.8. The number of esters is 2. The first-order chi connectivity index (χ1) is 22.6. The van der Waals surface area contributed by atoms with Crippen molar-refractivity contribution in [2.45, 2.75) is 56.9 Å². The summed E-state index contributed by atoms with van der Waals surface area (Å²) in [5.41, 5.74) is -0.746. The molecular formula is C34H39FN2O10S. The molecule has 1 heterocycles. The first-order valence-corrected chi connectivity index (χ1v) is 16.6. The summed E-state index contributed by atoms with van der Waals surface area (Å²) in [5, 5.41) is 11.5. The molecule has 1 fully saturated rings. The van der Waals surface area contributed by atoms with Gasteiger partial charge in [-0.15, -0.1) is 0 Å². The Kier molecular flexibility index (Phi) is 11.4. The van der Waals surface area contributed by atoms with Gasteiger partial charge in [0.1, 0.15) is 24.2 Å².